The average Bonchev–Trinajstić information content (AvgIpc) is 2.68. The number of nitriles is 1. The summed E-state index contributed by atoms with van der Waals surface area (Å²) in [4.78, 5) is 2.49. The maximum Gasteiger partial charge on any atom is 0.0991 e. The number of hydrogen-bond acceptors (Lipinski definition) is 2. The highest BCUT2D eigenvalue weighted by atomic mass is 15.1. The van der Waals surface area contributed by atoms with E-state index in [-0.39, 0.29) is 0 Å². The third-order valence-electron chi connectivity index (χ3n) is 4.91. The van der Waals surface area contributed by atoms with Crippen molar-refractivity contribution in [3.8, 4) is 17.9 Å². The van der Waals surface area contributed by atoms with Gasteiger partial charge >= 0.3 is 0 Å². The van der Waals surface area contributed by atoms with E-state index in [2.05, 4.69) is 54.0 Å². The van der Waals surface area contributed by atoms with E-state index in [9.17, 15) is 0 Å². The smallest absolute Gasteiger partial charge is 0.0991 e. The standard InChI is InChI=1S/C23H24N2/c1-2-3-19-14-16-25(17-15-19)23-12-10-21(11-13-23)5-4-20-6-8-22(18-24)9-7-20/h6-13,19H,2-3,14-17H2,1H3. The highest BCUT2D eigenvalue weighted by Gasteiger charge is 2.18. The first-order valence-electron chi connectivity index (χ1n) is 9.15. The molecular weight excluding hydrogens is 304 g/mol. The summed E-state index contributed by atoms with van der Waals surface area (Å²) in [5.74, 6) is 7.27. The number of nitrogens with zero attached hydrogens (tertiary/aromatic N) is 2. The molecule has 3 rings (SSSR count). The molecule has 0 aromatic heterocycles. The Kier molecular flexibility index (Phi) is 5.76. The van der Waals surface area contributed by atoms with Gasteiger partial charge in [0.25, 0.3) is 0 Å². The fourth-order valence-electron chi connectivity index (χ4n) is 3.42. The molecule has 1 aliphatic heterocycles. The number of rotatable bonds is 3. The summed E-state index contributed by atoms with van der Waals surface area (Å²) in [5, 5.41) is 8.82. The van der Waals surface area contributed by atoms with Crippen molar-refractivity contribution in [3.63, 3.8) is 0 Å². The number of hydrogen-bond donors (Lipinski definition) is 0. The van der Waals surface area contributed by atoms with Crippen LogP contribution in [0, 0.1) is 29.1 Å². The lowest BCUT2D eigenvalue weighted by Gasteiger charge is -2.33. The van der Waals surface area contributed by atoms with E-state index in [0.717, 1.165) is 17.0 Å². The van der Waals surface area contributed by atoms with Crippen molar-refractivity contribution in [2.45, 2.75) is 32.6 Å². The summed E-state index contributed by atoms with van der Waals surface area (Å²) in [5.41, 5.74) is 3.92. The first-order valence-corrected chi connectivity index (χ1v) is 9.15. The highest BCUT2D eigenvalue weighted by Crippen LogP contribution is 2.26. The molecule has 0 unspecified atom stereocenters. The fraction of sp³-hybridized carbons (Fsp3) is 0.348. The maximum absolute atomic E-state index is 8.82. The zero-order valence-corrected chi connectivity index (χ0v) is 14.8. The minimum Gasteiger partial charge on any atom is -0.372 e. The van der Waals surface area contributed by atoms with Gasteiger partial charge in [-0.2, -0.15) is 5.26 Å². The van der Waals surface area contributed by atoms with Gasteiger partial charge < -0.3 is 4.90 Å². The van der Waals surface area contributed by atoms with E-state index >= 15 is 0 Å². The van der Waals surface area contributed by atoms with Gasteiger partial charge in [0.1, 0.15) is 0 Å². The summed E-state index contributed by atoms with van der Waals surface area (Å²) in [7, 11) is 0. The number of benzene rings is 2. The van der Waals surface area contributed by atoms with Crippen LogP contribution in [0.25, 0.3) is 0 Å². The molecule has 1 fully saturated rings. The normalized spacial score (nSPS) is 14.5. The van der Waals surface area contributed by atoms with Gasteiger partial charge in [-0.1, -0.05) is 31.6 Å². The molecule has 0 atom stereocenters. The van der Waals surface area contributed by atoms with Crippen LogP contribution < -0.4 is 4.90 Å². The van der Waals surface area contributed by atoms with Gasteiger partial charge in [0.2, 0.25) is 0 Å². The Morgan fingerprint density at radius 3 is 1.92 bits per heavy atom. The summed E-state index contributed by atoms with van der Waals surface area (Å²) >= 11 is 0. The van der Waals surface area contributed by atoms with E-state index in [0.29, 0.717) is 5.56 Å². The minimum atomic E-state index is 0.664. The molecule has 0 amide bonds. The molecule has 0 radical (unpaired) electrons. The largest absolute Gasteiger partial charge is 0.372 e. The van der Waals surface area contributed by atoms with Crippen molar-refractivity contribution >= 4 is 5.69 Å². The molecule has 1 saturated heterocycles. The van der Waals surface area contributed by atoms with E-state index in [1.807, 2.05) is 12.1 Å². The first kappa shape index (κ1) is 17.1. The van der Waals surface area contributed by atoms with Gasteiger partial charge in [-0.25, -0.2) is 0 Å². The molecule has 0 aliphatic carbocycles. The molecule has 0 saturated carbocycles. The van der Waals surface area contributed by atoms with Gasteiger partial charge in [-0.05, 0) is 67.3 Å². The highest BCUT2D eigenvalue weighted by molar-refractivity contribution is 5.52. The van der Waals surface area contributed by atoms with Crippen molar-refractivity contribution in [1.82, 2.24) is 0 Å². The van der Waals surface area contributed by atoms with E-state index < -0.39 is 0 Å². The second-order valence-electron chi connectivity index (χ2n) is 6.71. The molecule has 2 heteroatoms. The summed E-state index contributed by atoms with van der Waals surface area (Å²) in [6.45, 7) is 4.62. The van der Waals surface area contributed by atoms with Crippen LogP contribution in [-0.4, -0.2) is 13.1 Å². The van der Waals surface area contributed by atoms with Crippen LogP contribution in [0.3, 0.4) is 0 Å². The minimum absolute atomic E-state index is 0.664. The van der Waals surface area contributed by atoms with Gasteiger partial charge in [0.15, 0.2) is 0 Å². The quantitative estimate of drug-likeness (QED) is 0.743. The average molecular weight is 328 g/mol. The predicted molar refractivity (Wildman–Crippen MR) is 103 cm³/mol. The predicted octanol–water partition coefficient (Wildman–Crippen LogP) is 4.97. The number of piperidine rings is 1. The lowest BCUT2D eigenvalue weighted by atomic mass is 9.92. The molecule has 1 aliphatic rings. The third-order valence-corrected chi connectivity index (χ3v) is 4.91. The summed E-state index contributed by atoms with van der Waals surface area (Å²) in [6.07, 6.45) is 5.30. The Hall–Kier alpha value is -2.71. The third kappa shape index (κ3) is 4.65. The van der Waals surface area contributed by atoms with E-state index in [1.165, 1.54) is 44.5 Å². The van der Waals surface area contributed by atoms with Crippen LogP contribution in [0.5, 0.6) is 0 Å². The fourth-order valence-corrected chi connectivity index (χ4v) is 3.42. The lowest BCUT2D eigenvalue weighted by Crippen LogP contribution is -2.33. The van der Waals surface area contributed by atoms with Gasteiger partial charge in [-0.3, -0.25) is 0 Å². The van der Waals surface area contributed by atoms with Crippen LogP contribution in [0.15, 0.2) is 48.5 Å². The van der Waals surface area contributed by atoms with Gasteiger partial charge in [-0.15, -0.1) is 0 Å². The van der Waals surface area contributed by atoms with Gasteiger partial charge in [0, 0.05) is 29.9 Å². The Morgan fingerprint density at radius 1 is 0.880 bits per heavy atom. The van der Waals surface area contributed by atoms with Crippen molar-refractivity contribution in [3.05, 3.63) is 65.2 Å². The second-order valence-corrected chi connectivity index (χ2v) is 6.71. The molecule has 25 heavy (non-hydrogen) atoms. The zero-order valence-electron chi connectivity index (χ0n) is 14.8. The molecule has 0 N–H and O–H groups in total. The molecule has 2 nitrogen and oxygen atoms in total. The van der Waals surface area contributed by atoms with E-state index in [4.69, 9.17) is 5.26 Å². The van der Waals surface area contributed by atoms with Crippen molar-refractivity contribution in [1.29, 1.82) is 5.26 Å². The topological polar surface area (TPSA) is 27.0 Å². The molecule has 2 aromatic rings. The Balaban J connectivity index is 1.61. The molecule has 0 bridgehead atoms. The van der Waals surface area contributed by atoms with Crippen molar-refractivity contribution in [2.75, 3.05) is 18.0 Å². The Labute approximate surface area is 151 Å². The molecule has 126 valence electrons. The van der Waals surface area contributed by atoms with Crippen LogP contribution >= 0.6 is 0 Å². The summed E-state index contributed by atoms with van der Waals surface area (Å²) < 4.78 is 0. The summed E-state index contributed by atoms with van der Waals surface area (Å²) in [6, 6.07) is 18.1. The zero-order chi connectivity index (χ0) is 17.5. The molecule has 0 spiro atoms. The number of anilines is 1. The van der Waals surface area contributed by atoms with Crippen LogP contribution in [0.1, 0.15) is 49.3 Å². The SMILES string of the molecule is CCCC1CCN(c2ccc(C#Cc3ccc(C#N)cc3)cc2)CC1. The van der Waals surface area contributed by atoms with Crippen molar-refractivity contribution < 1.29 is 0 Å². The van der Waals surface area contributed by atoms with Crippen LogP contribution in [-0.2, 0) is 0 Å². The molecule has 1 heterocycles. The molecule has 2 aromatic carbocycles. The van der Waals surface area contributed by atoms with Crippen molar-refractivity contribution in [2.24, 2.45) is 5.92 Å². The Bertz CT molecular complexity index is 777. The maximum atomic E-state index is 8.82. The van der Waals surface area contributed by atoms with E-state index in [1.54, 1.807) is 12.1 Å². The first-order chi connectivity index (χ1) is 12.3. The second kappa shape index (κ2) is 8.41. The van der Waals surface area contributed by atoms with Gasteiger partial charge in [0.05, 0.1) is 11.6 Å². The van der Waals surface area contributed by atoms with Crippen LogP contribution in [0.2, 0.25) is 0 Å². The Morgan fingerprint density at radius 2 is 1.40 bits per heavy atom. The monoisotopic (exact) mass is 328 g/mol. The van der Waals surface area contributed by atoms with Crippen LogP contribution in [0.4, 0.5) is 5.69 Å². The lowest BCUT2D eigenvalue weighted by molar-refractivity contribution is 0.378. The molecular formula is C23H24N2.